The first-order valence-electron chi connectivity index (χ1n) is 13.5. The molecule has 0 unspecified atom stereocenters. The number of carbonyl (C=O) groups is 2. The molecule has 3 aromatic carbocycles. The van der Waals surface area contributed by atoms with Crippen molar-refractivity contribution in [1.82, 2.24) is 4.90 Å². The number of hydrogen-bond donors (Lipinski definition) is 0. The minimum absolute atomic E-state index is 0.0832. The van der Waals surface area contributed by atoms with Gasteiger partial charge < -0.3 is 14.4 Å². The van der Waals surface area contributed by atoms with Crippen molar-refractivity contribution in [2.24, 2.45) is 0 Å². The van der Waals surface area contributed by atoms with E-state index in [4.69, 9.17) is 9.47 Å². The van der Waals surface area contributed by atoms with Crippen LogP contribution in [0.2, 0.25) is 0 Å². The largest absolute Gasteiger partial charge is 0.489 e. The van der Waals surface area contributed by atoms with Gasteiger partial charge in [-0.25, -0.2) is 4.79 Å². The quantitative estimate of drug-likeness (QED) is 0.217. The van der Waals surface area contributed by atoms with Crippen LogP contribution >= 0.6 is 11.3 Å². The lowest BCUT2D eigenvalue weighted by molar-refractivity contribution is 0.104. The summed E-state index contributed by atoms with van der Waals surface area (Å²) in [6.45, 7) is 3.27. The molecule has 1 aromatic heterocycles. The van der Waals surface area contributed by atoms with Crippen molar-refractivity contribution in [1.29, 1.82) is 0 Å². The van der Waals surface area contributed by atoms with Crippen LogP contribution < -0.4 is 14.5 Å². The molecule has 0 N–H and O–H groups in total. The molecule has 1 saturated heterocycles. The number of likely N-dealkylation sites (tertiary alicyclic amines) is 1. The van der Waals surface area contributed by atoms with Gasteiger partial charge in [-0.1, -0.05) is 42.5 Å². The highest BCUT2D eigenvalue weighted by Gasteiger charge is 2.25. The summed E-state index contributed by atoms with van der Waals surface area (Å²) < 4.78 is 12.0. The van der Waals surface area contributed by atoms with E-state index in [2.05, 4.69) is 4.90 Å². The number of benzene rings is 3. The number of fused-ring (bicyclic) bond motifs is 1. The van der Waals surface area contributed by atoms with Crippen molar-refractivity contribution in [2.75, 3.05) is 51.1 Å². The third-order valence-electron chi connectivity index (χ3n) is 7.27. The van der Waals surface area contributed by atoms with Crippen molar-refractivity contribution < 1.29 is 19.1 Å². The van der Waals surface area contributed by atoms with Crippen LogP contribution in [0.1, 0.15) is 39.9 Å². The number of ether oxygens (including phenoxy) is 2. The second-order valence-electron chi connectivity index (χ2n) is 10.3. The Bertz CT molecular complexity index is 1510. The van der Waals surface area contributed by atoms with Crippen molar-refractivity contribution in [3.63, 3.8) is 0 Å². The number of methoxy groups -OCH3 is 1. The summed E-state index contributed by atoms with van der Waals surface area (Å²) in [5, 5.41) is 1.76. The molecule has 0 bridgehead atoms. The Balaban J connectivity index is 1.49. The van der Waals surface area contributed by atoms with Crippen LogP contribution in [-0.4, -0.2) is 58.1 Å². The van der Waals surface area contributed by atoms with Crippen LogP contribution in [0, 0.1) is 0 Å². The Morgan fingerprint density at radius 3 is 2.40 bits per heavy atom. The average molecular weight is 558 g/mol. The van der Waals surface area contributed by atoms with E-state index in [9.17, 15) is 9.59 Å². The lowest BCUT2D eigenvalue weighted by Crippen LogP contribution is -2.28. The molecule has 0 aliphatic carbocycles. The second-order valence-corrected chi connectivity index (χ2v) is 11.3. The normalized spacial score (nSPS) is 13.4. The molecule has 0 radical (unpaired) electrons. The highest BCUT2D eigenvalue weighted by Crippen LogP contribution is 2.41. The number of carbonyl (C=O) groups excluding carboxylic acids is 2. The van der Waals surface area contributed by atoms with Gasteiger partial charge in [-0.15, -0.1) is 11.3 Å². The maximum absolute atomic E-state index is 14.1. The molecule has 1 aliphatic heterocycles. The lowest BCUT2D eigenvalue weighted by Gasteiger charge is -2.23. The Labute approximate surface area is 239 Å². The number of hydrogen-bond acceptors (Lipinski definition) is 7. The van der Waals surface area contributed by atoms with Crippen LogP contribution in [-0.2, 0) is 17.9 Å². The first kappa shape index (κ1) is 27.7. The molecule has 1 fully saturated rings. The third-order valence-corrected chi connectivity index (χ3v) is 8.59. The summed E-state index contributed by atoms with van der Waals surface area (Å²) in [6.07, 6.45) is 1.89. The highest BCUT2D eigenvalue weighted by atomic mass is 32.1. The van der Waals surface area contributed by atoms with Crippen molar-refractivity contribution in [2.45, 2.75) is 26.0 Å². The topological polar surface area (TPSA) is 62.3 Å². The van der Waals surface area contributed by atoms with E-state index in [0.29, 0.717) is 23.4 Å². The second kappa shape index (κ2) is 12.1. The fourth-order valence-electron chi connectivity index (χ4n) is 5.14. The summed E-state index contributed by atoms with van der Waals surface area (Å²) in [4.78, 5) is 32.4. The molecule has 4 aromatic rings. The minimum atomic E-state index is -0.467. The van der Waals surface area contributed by atoms with Crippen LogP contribution in [0.15, 0.2) is 66.7 Å². The average Bonchev–Trinajstić information content (AvgIpc) is 3.63. The first-order chi connectivity index (χ1) is 19.4. The van der Waals surface area contributed by atoms with Gasteiger partial charge in [0.05, 0.1) is 18.4 Å². The molecule has 1 aliphatic rings. The van der Waals surface area contributed by atoms with Gasteiger partial charge in [0.15, 0.2) is 5.78 Å². The standard InChI is InChI=1S/C32H35N3O4S/c1-33(2)31-29(26-15-14-25(19-28(26)40-31)39-21-22-10-6-5-7-11-22)30(36)23-12-13-24(20-35-16-8-9-17-35)27(18-23)34(3)32(37)38-4/h5-7,10-15,18-19H,8-9,16-17,20-21H2,1-4H3. The van der Waals surface area contributed by atoms with Gasteiger partial charge in [0.2, 0.25) is 0 Å². The lowest BCUT2D eigenvalue weighted by atomic mass is 9.98. The Morgan fingerprint density at radius 1 is 0.950 bits per heavy atom. The number of rotatable bonds is 9. The molecule has 208 valence electrons. The number of thiophene rings is 1. The molecule has 2 heterocycles. The molecule has 1 amide bonds. The maximum Gasteiger partial charge on any atom is 0.413 e. The van der Waals surface area contributed by atoms with E-state index < -0.39 is 6.09 Å². The Hall–Kier alpha value is -3.88. The van der Waals surface area contributed by atoms with Gasteiger partial charge >= 0.3 is 6.09 Å². The first-order valence-corrected chi connectivity index (χ1v) is 14.3. The zero-order valence-electron chi connectivity index (χ0n) is 23.5. The zero-order valence-corrected chi connectivity index (χ0v) is 24.3. The monoisotopic (exact) mass is 557 g/mol. The van der Waals surface area contributed by atoms with Crippen molar-refractivity contribution in [3.05, 3.63) is 89.0 Å². The van der Waals surface area contributed by atoms with Gasteiger partial charge in [-0.2, -0.15) is 0 Å². The molecule has 0 saturated carbocycles. The smallest absolute Gasteiger partial charge is 0.413 e. The Kier molecular flexibility index (Phi) is 8.38. The van der Waals surface area contributed by atoms with Crippen LogP contribution in [0.25, 0.3) is 10.1 Å². The summed E-state index contributed by atoms with van der Waals surface area (Å²) in [7, 11) is 6.95. The molecular weight excluding hydrogens is 522 g/mol. The molecule has 7 nitrogen and oxygen atoms in total. The van der Waals surface area contributed by atoms with E-state index in [1.807, 2.05) is 85.7 Å². The molecule has 40 heavy (non-hydrogen) atoms. The number of nitrogens with zero attached hydrogens (tertiary/aromatic N) is 3. The van der Waals surface area contributed by atoms with E-state index in [1.165, 1.54) is 24.9 Å². The summed E-state index contributed by atoms with van der Waals surface area (Å²) in [5.41, 5.74) is 3.96. The fourth-order valence-corrected chi connectivity index (χ4v) is 6.29. The van der Waals surface area contributed by atoms with Crippen molar-refractivity contribution >= 4 is 44.0 Å². The van der Waals surface area contributed by atoms with Gasteiger partial charge in [0.25, 0.3) is 0 Å². The molecular formula is C32H35N3O4S. The van der Waals surface area contributed by atoms with Crippen molar-refractivity contribution in [3.8, 4) is 5.75 Å². The van der Waals surface area contributed by atoms with Crippen LogP contribution in [0.5, 0.6) is 5.75 Å². The number of anilines is 2. The summed E-state index contributed by atoms with van der Waals surface area (Å²) in [5.74, 6) is 0.676. The summed E-state index contributed by atoms with van der Waals surface area (Å²) >= 11 is 1.57. The zero-order chi connectivity index (χ0) is 28.2. The molecule has 8 heteroatoms. The number of amides is 1. The fraction of sp³-hybridized carbons (Fsp3) is 0.312. The third kappa shape index (κ3) is 5.83. The predicted molar refractivity (Wildman–Crippen MR) is 162 cm³/mol. The van der Waals surface area contributed by atoms with Crippen LogP contribution in [0.4, 0.5) is 15.5 Å². The number of ketones is 1. The molecule has 5 rings (SSSR count). The van der Waals surface area contributed by atoms with Gasteiger partial charge in [0.1, 0.15) is 17.4 Å². The highest BCUT2D eigenvalue weighted by molar-refractivity contribution is 7.23. The van der Waals surface area contributed by atoms with E-state index >= 15 is 0 Å². The van der Waals surface area contributed by atoms with Gasteiger partial charge in [-0.05, 0) is 61.3 Å². The Morgan fingerprint density at radius 2 is 1.70 bits per heavy atom. The van der Waals surface area contributed by atoms with Gasteiger partial charge in [-0.3, -0.25) is 14.6 Å². The van der Waals surface area contributed by atoms with Crippen LogP contribution in [0.3, 0.4) is 0 Å². The predicted octanol–water partition coefficient (Wildman–Crippen LogP) is 6.58. The summed E-state index contributed by atoms with van der Waals surface area (Å²) in [6, 6.07) is 21.6. The molecule has 0 spiro atoms. The SMILES string of the molecule is COC(=O)N(C)c1cc(C(=O)c2c(N(C)C)sc3cc(OCc4ccccc4)ccc23)ccc1CN1CCCC1. The van der Waals surface area contributed by atoms with E-state index in [-0.39, 0.29) is 5.78 Å². The van der Waals surface area contributed by atoms with Gasteiger partial charge in [0, 0.05) is 43.3 Å². The van der Waals surface area contributed by atoms with E-state index in [1.54, 1.807) is 18.4 Å². The molecule has 0 atom stereocenters. The van der Waals surface area contributed by atoms with E-state index in [0.717, 1.165) is 51.6 Å². The maximum atomic E-state index is 14.1. The minimum Gasteiger partial charge on any atom is -0.489 e.